The Morgan fingerprint density at radius 1 is 1.33 bits per heavy atom. The Hall–Kier alpha value is -0.160. The van der Waals surface area contributed by atoms with Crippen LogP contribution in [0.25, 0.3) is 0 Å². The third-order valence-corrected chi connectivity index (χ3v) is 4.32. The molecule has 2 heterocycles. The summed E-state index contributed by atoms with van der Waals surface area (Å²) < 4.78 is 16.9. The molecule has 0 aliphatic carbocycles. The highest BCUT2D eigenvalue weighted by atomic mass is 16.5. The van der Waals surface area contributed by atoms with Gasteiger partial charge in [0.2, 0.25) is 0 Å². The molecular formula is C14H27NO3. The van der Waals surface area contributed by atoms with E-state index in [1.165, 1.54) is 0 Å². The fourth-order valence-electron chi connectivity index (χ4n) is 3.30. The summed E-state index contributed by atoms with van der Waals surface area (Å²) in [7, 11) is 1.79. The molecule has 4 heteroatoms. The Morgan fingerprint density at radius 3 is 2.78 bits per heavy atom. The van der Waals surface area contributed by atoms with Crippen molar-refractivity contribution < 1.29 is 14.2 Å². The van der Waals surface area contributed by atoms with Crippen molar-refractivity contribution in [2.45, 2.75) is 44.2 Å². The number of rotatable bonds is 5. The Labute approximate surface area is 110 Å². The van der Waals surface area contributed by atoms with Crippen molar-refractivity contribution in [2.24, 2.45) is 5.92 Å². The Morgan fingerprint density at radius 2 is 2.11 bits per heavy atom. The molecule has 0 amide bonds. The third kappa shape index (κ3) is 3.44. The molecule has 2 fully saturated rings. The first kappa shape index (κ1) is 14.3. The average molecular weight is 257 g/mol. The molecule has 2 unspecified atom stereocenters. The summed E-state index contributed by atoms with van der Waals surface area (Å²) in [5, 5.41) is 3.56. The van der Waals surface area contributed by atoms with Crippen LogP contribution in [-0.2, 0) is 14.2 Å². The van der Waals surface area contributed by atoms with Gasteiger partial charge in [-0.1, -0.05) is 6.92 Å². The normalized spacial score (nSPS) is 29.3. The summed E-state index contributed by atoms with van der Waals surface area (Å²) in [6.07, 6.45) is 4.39. The lowest BCUT2D eigenvalue weighted by Gasteiger charge is -2.45. The maximum atomic E-state index is 6.09. The van der Waals surface area contributed by atoms with Crippen molar-refractivity contribution in [3.8, 4) is 0 Å². The van der Waals surface area contributed by atoms with Crippen LogP contribution in [-0.4, -0.2) is 51.7 Å². The van der Waals surface area contributed by atoms with Crippen LogP contribution >= 0.6 is 0 Å². The van der Waals surface area contributed by atoms with E-state index in [9.17, 15) is 0 Å². The summed E-state index contributed by atoms with van der Waals surface area (Å²) in [5.74, 6) is 0.664. The molecule has 2 saturated heterocycles. The molecule has 1 spiro atoms. The van der Waals surface area contributed by atoms with Crippen molar-refractivity contribution in [1.29, 1.82) is 0 Å². The fraction of sp³-hybridized carbons (Fsp3) is 1.00. The van der Waals surface area contributed by atoms with Gasteiger partial charge >= 0.3 is 0 Å². The topological polar surface area (TPSA) is 39.7 Å². The fourth-order valence-corrected chi connectivity index (χ4v) is 3.30. The van der Waals surface area contributed by atoms with Gasteiger partial charge in [-0.2, -0.15) is 0 Å². The van der Waals surface area contributed by atoms with Gasteiger partial charge in [-0.3, -0.25) is 0 Å². The van der Waals surface area contributed by atoms with Gasteiger partial charge in [0, 0.05) is 33.0 Å². The number of hydrogen-bond acceptors (Lipinski definition) is 4. The minimum atomic E-state index is 0.0859. The van der Waals surface area contributed by atoms with Crippen molar-refractivity contribution in [2.75, 3.05) is 40.1 Å². The van der Waals surface area contributed by atoms with E-state index in [4.69, 9.17) is 14.2 Å². The van der Waals surface area contributed by atoms with Crippen molar-refractivity contribution >= 4 is 0 Å². The van der Waals surface area contributed by atoms with E-state index in [0.29, 0.717) is 12.0 Å². The molecule has 0 aromatic rings. The maximum Gasteiger partial charge on any atom is 0.0729 e. The molecule has 4 nitrogen and oxygen atoms in total. The first-order chi connectivity index (χ1) is 8.79. The van der Waals surface area contributed by atoms with Gasteiger partial charge in [0.1, 0.15) is 0 Å². The number of hydrogen-bond donors (Lipinski definition) is 1. The van der Waals surface area contributed by atoms with Gasteiger partial charge < -0.3 is 19.5 Å². The zero-order valence-corrected chi connectivity index (χ0v) is 11.7. The monoisotopic (exact) mass is 257 g/mol. The number of methoxy groups -OCH3 is 1. The van der Waals surface area contributed by atoms with Gasteiger partial charge in [0.15, 0.2) is 0 Å². The van der Waals surface area contributed by atoms with Gasteiger partial charge in [-0.25, -0.2) is 0 Å². The first-order valence-corrected chi connectivity index (χ1v) is 7.24. The minimum Gasteiger partial charge on any atom is -0.383 e. The van der Waals surface area contributed by atoms with Crippen molar-refractivity contribution in [1.82, 2.24) is 5.32 Å². The summed E-state index contributed by atoms with van der Waals surface area (Å²) in [6, 6.07) is 0.462. The Kier molecular flexibility index (Phi) is 5.42. The van der Waals surface area contributed by atoms with Gasteiger partial charge in [-0.15, -0.1) is 0 Å². The second-order valence-electron chi connectivity index (χ2n) is 5.52. The van der Waals surface area contributed by atoms with Crippen LogP contribution in [0.4, 0.5) is 0 Å². The smallest absolute Gasteiger partial charge is 0.0729 e. The quantitative estimate of drug-likeness (QED) is 0.812. The number of likely N-dealkylation sites (N-methyl/N-ethyl adjacent to an activating group) is 1. The zero-order valence-electron chi connectivity index (χ0n) is 11.7. The molecule has 18 heavy (non-hydrogen) atoms. The molecule has 0 radical (unpaired) electrons. The summed E-state index contributed by atoms with van der Waals surface area (Å²) in [6.45, 7) is 6.54. The summed E-state index contributed by atoms with van der Waals surface area (Å²) in [5.41, 5.74) is 0.0859. The number of ether oxygens (including phenoxy) is 3. The highest BCUT2D eigenvalue weighted by molar-refractivity contribution is 4.92. The Balaban J connectivity index is 1.95. The van der Waals surface area contributed by atoms with E-state index < -0.39 is 0 Å². The van der Waals surface area contributed by atoms with Gasteiger partial charge in [0.05, 0.1) is 12.2 Å². The van der Waals surface area contributed by atoms with Crippen LogP contribution in [0.3, 0.4) is 0 Å². The van der Waals surface area contributed by atoms with Crippen LogP contribution < -0.4 is 5.32 Å². The van der Waals surface area contributed by atoms with Crippen LogP contribution in [0, 0.1) is 5.92 Å². The SMILES string of the molecule is CCNC(COC)C1CCOC2(CCOCC2)C1. The predicted octanol–water partition coefficient (Wildman–Crippen LogP) is 1.59. The highest BCUT2D eigenvalue weighted by Crippen LogP contribution is 2.38. The van der Waals surface area contributed by atoms with Gasteiger partial charge in [-0.05, 0) is 38.1 Å². The van der Waals surface area contributed by atoms with E-state index in [1.807, 2.05) is 0 Å². The maximum absolute atomic E-state index is 6.09. The molecule has 1 N–H and O–H groups in total. The summed E-state index contributed by atoms with van der Waals surface area (Å²) in [4.78, 5) is 0. The molecule has 2 atom stereocenters. The number of nitrogens with one attached hydrogen (secondary N) is 1. The minimum absolute atomic E-state index is 0.0859. The van der Waals surface area contributed by atoms with Crippen LogP contribution in [0.15, 0.2) is 0 Å². The van der Waals surface area contributed by atoms with E-state index in [1.54, 1.807) is 7.11 Å². The molecule has 0 aromatic heterocycles. The second kappa shape index (κ2) is 6.85. The molecule has 2 rings (SSSR count). The second-order valence-corrected chi connectivity index (χ2v) is 5.52. The third-order valence-electron chi connectivity index (χ3n) is 4.32. The largest absolute Gasteiger partial charge is 0.383 e. The van der Waals surface area contributed by atoms with E-state index in [-0.39, 0.29) is 5.60 Å². The predicted molar refractivity (Wildman–Crippen MR) is 70.8 cm³/mol. The van der Waals surface area contributed by atoms with Crippen molar-refractivity contribution in [3.63, 3.8) is 0 Å². The van der Waals surface area contributed by atoms with E-state index >= 15 is 0 Å². The van der Waals surface area contributed by atoms with Crippen LogP contribution in [0.5, 0.6) is 0 Å². The Bertz CT molecular complexity index is 230. The molecule has 0 saturated carbocycles. The van der Waals surface area contributed by atoms with E-state index in [2.05, 4.69) is 12.2 Å². The molecule has 2 aliphatic rings. The lowest BCUT2D eigenvalue weighted by Crippen LogP contribution is -2.50. The highest BCUT2D eigenvalue weighted by Gasteiger charge is 2.41. The molecule has 0 aromatic carbocycles. The standard InChI is InChI=1S/C14H27NO3/c1-3-15-13(11-16-2)12-4-7-18-14(10-12)5-8-17-9-6-14/h12-13,15H,3-11H2,1-2H3. The van der Waals surface area contributed by atoms with Crippen LogP contribution in [0.1, 0.15) is 32.6 Å². The van der Waals surface area contributed by atoms with E-state index in [0.717, 1.165) is 58.7 Å². The molecular weight excluding hydrogens is 230 g/mol. The summed E-state index contributed by atoms with van der Waals surface area (Å²) >= 11 is 0. The average Bonchev–Trinajstić information content (AvgIpc) is 2.39. The van der Waals surface area contributed by atoms with Crippen LogP contribution in [0.2, 0.25) is 0 Å². The zero-order chi connectivity index (χ0) is 12.8. The molecule has 2 aliphatic heterocycles. The first-order valence-electron chi connectivity index (χ1n) is 7.24. The van der Waals surface area contributed by atoms with Gasteiger partial charge in [0.25, 0.3) is 0 Å². The lowest BCUT2D eigenvalue weighted by atomic mass is 9.78. The van der Waals surface area contributed by atoms with Crippen molar-refractivity contribution in [3.05, 3.63) is 0 Å². The molecule has 106 valence electrons. The lowest BCUT2D eigenvalue weighted by molar-refractivity contribution is -0.151. The molecule has 0 bridgehead atoms.